The van der Waals surface area contributed by atoms with Gasteiger partial charge in [-0.2, -0.15) is 0 Å². The molecule has 0 aliphatic heterocycles. The van der Waals surface area contributed by atoms with Crippen molar-refractivity contribution in [2.75, 3.05) is 0 Å². The van der Waals surface area contributed by atoms with Crippen molar-refractivity contribution in [3.05, 3.63) is 56.4 Å². The van der Waals surface area contributed by atoms with E-state index in [-0.39, 0.29) is 0 Å². The summed E-state index contributed by atoms with van der Waals surface area (Å²) in [5.41, 5.74) is 1.53. The molecule has 0 saturated carbocycles. The van der Waals surface area contributed by atoms with Gasteiger partial charge >= 0.3 is 0 Å². The molecule has 0 bridgehead atoms. The number of furan rings is 1. The molecule has 1 unspecified atom stereocenters. The average molecular weight is 293 g/mol. The third kappa shape index (κ3) is 2.18. The predicted octanol–water partition coefficient (Wildman–Crippen LogP) is 4.85. The van der Waals surface area contributed by atoms with Crippen LogP contribution in [0.3, 0.4) is 0 Å². The first-order valence-corrected chi connectivity index (χ1v) is 7.18. The van der Waals surface area contributed by atoms with Gasteiger partial charge in [-0.1, -0.05) is 23.7 Å². The fourth-order valence-corrected chi connectivity index (χ4v) is 3.44. The molecule has 0 saturated heterocycles. The largest absolute Gasteiger partial charge is 0.456 e. The SMILES string of the molecule is Cc1cc(C(O)c2cc3cccc(Cl)c3o2)c(C)s1. The predicted molar refractivity (Wildman–Crippen MR) is 79.1 cm³/mol. The number of benzene rings is 1. The van der Waals surface area contributed by atoms with Crippen LogP contribution in [0.4, 0.5) is 0 Å². The molecule has 0 amide bonds. The number of rotatable bonds is 2. The van der Waals surface area contributed by atoms with Crippen molar-refractivity contribution in [2.24, 2.45) is 0 Å². The number of halogens is 1. The Bertz CT molecular complexity index is 742. The molecule has 3 aromatic rings. The van der Waals surface area contributed by atoms with Gasteiger partial charge in [0.25, 0.3) is 0 Å². The first-order valence-electron chi connectivity index (χ1n) is 5.99. The van der Waals surface area contributed by atoms with Crippen LogP contribution in [0.25, 0.3) is 11.0 Å². The van der Waals surface area contributed by atoms with Crippen molar-refractivity contribution in [1.82, 2.24) is 0 Å². The molecule has 19 heavy (non-hydrogen) atoms. The fraction of sp³-hybridized carbons (Fsp3) is 0.200. The van der Waals surface area contributed by atoms with E-state index in [0.29, 0.717) is 16.4 Å². The zero-order chi connectivity index (χ0) is 13.6. The van der Waals surface area contributed by atoms with Crippen molar-refractivity contribution >= 4 is 33.9 Å². The lowest BCUT2D eigenvalue weighted by atomic mass is 10.1. The molecule has 1 aromatic carbocycles. The second kappa shape index (κ2) is 4.67. The van der Waals surface area contributed by atoms with Gasteiger partial charge in [0, 0.05) is 20.7 Å². The number of fused-ring (bicyclic) bond motifs is 1. The lowest BCUT2D eigenvalue weighted by molar-refractivity contribution is 0.192. The second-order valence-electron chi connectivity index (χ2n) is 4.58. The number of aliphatic hydroxyl groups excluding tert-OH is 1. The zero-order valence-corrected chi connectivity index (χ0v) is 12.2. The van der Waals surface area contributed by atoms with Crippen molar-refractivity contribution in [1.29, 1.82) is 0 Å². The summed E-state index contributed by atoms with van der Waals surface area (Å²) in [5, 5.41) is 11.9. The number of aliphatic hydroxyl groups is 1. The summed E-state index contributed by atoms with van der Waals surface area (Å²) in [5.74, 6) is 0.531. The molecular formula is C15H13ClO2S. The fourth-order valence-electron chi connectivity index (χ4n) is 2.26. The zero-order valence-electron chi connectivity index (χ0n) is 10.6. The number of hydrogen-bond acceptors (Lipinski definition) is 3. The molecule has 4 heteroatoms. The number of hydrogen-bond donors (Lipinski definition) is 1. The molecule has 0 radical (unpaired) electrons. The smallest absolute Gasteiger partial charge is 0.153 e. The van der Waals surface area contributed by atoms with Crippen LogP contribution in [0, 0.1) is 13.8 Å². The van der Waals surface area contributed by atoms with E-state index in [4.69, 9.17) is 16.0 Å². The van der Waals surface area contributed by atoms with Gasteiger partial charge in [0.2, 0.25) is 0 Å². The van der Waals surface area contributed by atoms with Gasteiger partial charge in [-0.15, -0.1) is 11.3 Å². The van der Waals surface area contributed by atoms with E-state index < -0.39 is 6.10 Å². The highest BCUT2D eigenvalue weighted by molar-refractivity contribution is 7.12. The minimum Gasteiger partial charge on any atom is -0.456 e. The maximum absolute atomic E-state index is 10.4. The Labute approximate surface area is 120 Å². The Morgan fingerprint density at radius 3 is 2.68 bits per heavy atom. The summed E-state index contributed by atoms with van der Waals surface area (Å²) in [6.07, 6.45) is -0.742. The topological polar surface area (TPSA) is 33.4 Å². The van der Waals surface area contributed by atoms with Crippen molar-refractivity contribution in [3.63, 3.8) is 0 Å². The summed E-state index contributed by atoms with van der Waals surface area (Å²) in [7, 11) is 0. The van der Waals surface area contributed by atoms with E-state index in [1.807, 2.05) is 38.1 Å². The lowest BCUT2D eigenvalue weighted by Crippen LogP contribution is -1.97. The molecule has 0 aliphatic carbocycles. The number of thiophene rings is 1. The standard InChI is InChI=1S/C15H13ClO2S/c1-8-6-11(9(2)19-8)14(17)13-7-10-4-3-5-12(16)15(10)18-13/h3-7,14,17H,1-2H3. The normalized spacial score (nSPS) is 13.1. The Kier molecular flexibility index (Phi) is 3.13. The van der Waals surface area contributed by atoms with Gasteiger partial charge in [-0.3, -0.25) is 0 Å². The lowest BCUT2D eigenvalue weighted by Gasteiger charge is -2.06. The van der Waals surface area contributed by atoms with Crippen molar-refractivity contribution < 1.29 is 9.52 Å². The van der Waals surface area contributed by atoms with Crippen molar-refractivity contribution in [3.8, 4) is 0 Å². The van der Waals surface area contributed by atoms with Crippen LogP contribution in [0.15, 0.2) is 34.7 Å². The Morgan fingerprint density at radius 1 is 1.26 bits per heavy atom. The molecule has 0 aliphatic rings. The van der Waals surface area contributed by atoms with Crippen LogP contribution in [-0.2, 0) is 0 Å². The minimum atomic E-state index is -0.742. The first kappa shape index (κ1) is 12.7. The van der Waals surface area contributed by atoms with Crippen LogP contribution in [0.5, 0.6) is 0 Å². The number of para-hydroxylation sites is 1. The minimum absolute atomic E-state index is 0.531. The summed E-state index contributed by atoms with van der Waals surface area (Å²) in [6.45, 7) is 4.04. The van der Waals surface area contributed by atoms with E-state index in [0.717, 1.165) is 15.8 Å². The van der Waals surface area contributed by atoms with Gasteiger partial charge in [0.15, 0.2) is 5.58 Å². The maximum atomic E-state index is 10.4. The number of aryl methyl sites for hydroxylation is 2. The van der Waals surface area contributed by atoms with Crippen LogP contribution in [0.2, 0.25) is 5.02 Å². The molecule has 0 fully saturated rings. The monoisotopic (exact) mass is 292 g/mol. The third-order valence-corrected chi connectivity index (χ3v) is 4.44. The summed E-state index contributed by atoms with van der Waals surface area (Å²) in [4.78, 5) is 2.29. The van der Waals surface area contributed by atoms with Crippen LogP contribution >= 0.6 is 22.9 Å². The molecule has 0 spiro atoms. The Hall–Kier alpha value is -1.29. The van der Waals surface area contributed by atoms with Gasteiger partial charge < -0.3 is 9.52 Å². The molecular weight excluding hydrogens is 280 g/mol. The van der Waals surface area contributed by atoms with E-state index in [2.05, 4.69) is 0 Å². The average Bonchev–Trinajstić information content (AvgIpc) is 2.93. The summed E-state index contributed by atoms with van der Waals surface area (Å²) >= 11 is 7.76. The highest BCUT2D eigenvalue weighted by Crippen LogP contribution is 2.35. The van der Waals surface area contributed by atoms with Gasteiger partial charge in [0.1, 0.15) is 11.9 Å². The van der Waals surface area contributed by atoms with Crippen molar-refractivity contribution in [2.45, 2.75) is 20.0 Å². The van der Waals surface area contributed by atoms with Crippen LogP contribution < -0.4 is 0 Å². The summed E-state index contributed by atoms with van der Waals surface area (Å²) < 4.78 is 5.70. The van der Waals surface area contributed by atoms with Gasteiger partial charge in [-0.25, -0.2) is 0 Å². The molecule has 2 nitrogen and oxygen atoms in total. The molecule has 98 valence electrons. The van der Waals surface area contributed by atoms with Gasteiger partial charge in [-0.05, 0) is 32.0 Å². The third-order valence-electron chi connectivity index (χ3n) is 3.16. The highest BCUT2D eigenvalue weighted by Gasteiger charge is 2.19. The quantitative estimate of drug-likeness (QED) is 0.733. The molecule has 3 rings (SSSR count). The molecule has 2 aromatic heterocycles. The first-order chi connectivity index (χ1) is 9.06. The van der Waals surface area contributed by atoms with E-state index in [1.165, 1.54) is 4.88 Å². The van der Waals surface area contributed by atoms with E-state index >= 15 is 0 Å². The molecule has 1 N–H and O–H groups in total. The molecule has 1 atom stereocenters. The van der Waals surface area contributed by atoms with E-state index in [9.17, 15) is 5.11 Å². The van der Waals surface area contributed by atoms with E-state index in [1.54, 1.807) is 17.4 Å². The summed E-state index contributed by atoms with van der Waals surface area (Å²) in [6, 6.07) is 9.42. The van der Waals surface area contributed by atoms with Crippen LogP contribution in [-0.4, -0.2) is 5.11 Å². The maximum Gasteiger partial charge on any atom is 0.153 e. The van der Waals surface area contributed by atoms with Gasteiger partial charge in [0.05, 0.1) is 5.02 Å². The highest BCUT2D eigenvalue weighted by atomic mass is 35.5. The van der Waals surface area contributed by atoms with Crippen LogP contribution in [0.1, 0.15) is 27.2 Å². The second-order valence-corrected chi connectivity index (χ2v) is 6.45. The Balaban J connectivity index is 2.09. The molecule has 2 heterocycles. The Morgan fingerprint density at radius 2 is 2.05 bits per heavy atom.